The van der Waals surface area contributed by atoms with E-state index in [1.54, 1.807) is 11.3 Å². The van der Waals surface area contributed by atoms with Gasteiger partial charge in [-0.2, -0.15) is 0 Å². The molecule has 0 saturated carbocycles. The summed E-state index contributed by atoms with van der Waals surface area (Å²) in [7, 11) is 0. The van der Waals surface area contributed by atoms with Crippen molar-refractivity contribution in [1.82, 2.24) is 0 Å². The molecule has 0 aliphatic carbocycles. The zero-order chi connectivity index (χ0) is 10.1. The van der Waals surface area contributed by atoms with E-state index in [4.69, 9.17) is 11.6 Å². The van der Waals surface area contributed by atoms with E-state index in [9.17, 15) is 5.11 Å². The third-order valence-corrected chi connectivity index (χ3v) is 4.85. The molecule has 0 bridgehead atoms. The lowest BCUT2D eigenvalue weighted by molar-refractivity contribution is 0.221. The lowest BCUT2D eigenvalue weighted by atomic mass is 10.1. The maximum atomic E-state index is 10.0. The van der Waals surface area contributed by atoms with E-state index in [0.29, 0.717) is 4.34 Å². The summed E-state index contributed by atoms with van der Waals surface area (Å²) in [6.07, 6.45) is -0.589. The molecule has 0 aromatic carbocycles. The van der Waals surface area contributed by atoms with E-state index in [1.165, 1.54) is 14.2 Å². The van der Waals surface area contributed by atoms with Crippen LogP contribution in [0.1, 0.15) is 17.2 Å². The number of aliphatic hydroxyl groups excluding tert-OH is 1. The molecular weight excluding hydrogens is 351 g/mol. The van der Waals surface area contributed by atoms with Crippen molar-refractivity contribution in [1.29, 1.82) is 0 Å². The second kappa shape index (κ2) is 4.49. The summed E-state index contributed by atoms with van der Waals surface area (Å²) in [5.74, 6) is 0. The van der Waals surface area contributed by atoms with Crippen LogP contribution in [0.15, 0.2) is 22.9 Å². The van der Waals surface area contributed by atoms with Gasteiger partial charge in [0.2, 0.25) is 0 Å². The highest BCUT2D eigenvalue weighted by Gasteiger charge is 2.15. The number of thiophene rings is 2. The monoisotopic (exact) mass is 356 g/mol. The molecule has 14 heavy (non-hydrogen) atoms. The molecule has 1 atom stereocenters. The van der Waals surface area contributed by atoms with Crippen LogP contribution < -0.4 is 0 Å². The second-order valence-corrected chi connectivity index (χ2v) is 7.06. The van der Waals surface area contributed by atoms with Gasteiger partial charge in [0.1, 0.15) is 6.10 Å². The zero-order valence-electron chi connectivity index (χ0n) is 6.91. The third kappa shape index (κ3) is 2.14. The van der Waals surface area contributed by atoms with Gasteiger partial charge >= 0.3 is 0 Å². The molecule has 1 unspecified atom stereocenters. The maximum Gasteiger partial charge on any atom is 0.107 e. The van der Waals surface area contributed by atoms with Crippen molar-refractivity contribution in [3.8, 4) is 0 Å². The van der Waals surface area contributed by atoms with Crippen molar-refractivity contribution in [2.75, 3.05) is 0 Å². The molecule has 0 amide bonds. The SMILES string of the molecule is OC(c1csc(I)c1)c1ccsc1Cl. The van der Waals surface area contributed by atoms with Crippen LogP contribution in [0.4, 0.5) is 0 Å². The standard InChI is InChI=1S/C9H6ClIOS2/c10-9-6(1-2-13-9)8(12)5-3-7(11)14-4-5/h1-4,8,12H. The molecular formula is C9H6ClIOS2. The molecule has 0 radical (unpaired) electrons. The molecule has 1 nitrogen and oxygen atoms in total. The highest BCUT2D eigenvalue weighted by molar-refractivity contribution is 14.1. The zero-order valence-corrected chi connectivity index (χ0v) is 11.5. The quantitative estimate of drug-likeness (QED) is 0.802. The van der Waals surface area contributed by atoms with Gasteiger partial charge in [0, 0.05) is 5.56 Å². The van der Waals surface area contributed by atoms with Gasteiger partial charge in [-0.15, -0.1) is 22.7 Å². The first-order valence-corrected chi connectivity index (χ1v) is 7.05. The largest absolute Gasteiger partial charge is 0.384 e. The summed E-state index contributed by atoms with van der Waals surface area (Å²) >= 11 is 11.3. The van der Waals surface area contributed by atoms with Crippen molar-refractivity contribution < 1.29 is 5.11 Å². The fraction of sp³-hybridized carbons (Fsp3) is 0.111. The van der Waals surface area contributed by atoms with E-state index in [-0.39, 0.29) is 0 Å². The smallest absolute Gasteiger partial charge is 0.107 e. The molecule has 2 aromatic rings. The molecule has 0 fully saturated rings. The predicted octanol–water partition coefficient (Wildman–Crippen LogP) is 4.15. The molecule has 0 spiro atoms. The van der Waals surface area contributed by atoms with Crippen LogP contribution in [-0.4, -0.2) is 5.11 Å². The van der Waals surface area contributed by atoms with Gasteiger partial charge in [-0.25, -0.2) is 0 Å². The lowest BCUT2D eigenvalue weighted by Gasteiger charge is -2.06. The minimum absolute atomic E-state index is 0.589. The highest BCUT2D eigenvalue weighted by atomic mass is 127. The number of aliphatic hydroxyl groups is 1. The van der Waals surface area contributed by atoms with Crippen molar-refractivity contribution in [2.24, 2.45) is 0 Å². The van der Waals surface area contributed by atoms with Gasteiger partial charge in [-0.05, 0) is 51.0 Å². The number of hydrogen-bond acceptors (Lipinski definition) is 3. The predicted molar refractivity (Wildman–Crippen MR) is 70.4 cm³/mol. The van der Waals surface area contributed by atoms with E-state index in [1.807, 2.05) is 22.9 Å². The van der Waals surface area contributed by atoms with Crippen molar-refractivity contribution in [2.45, 2.75) is 6.10 Å². The Hall–Kier alpha value is 0.380. The van der Waals surface area contributed by atoms with Gasteiger partial charge in [0.15, 0.2) is 0 Å². The van der Waals surface area contributed by atoms with Crippen LogP contribution in [-0.2, 0) is 0 Å². The van der Waals surface area contributed by atoms with Gasteiger partial charge in [0.05, 0.1) is 7.22 Å². The molecule has 1 N–H and O–H groups in total. The number of rotatable bonds is 2. The van der Waals surface area contributed by atoms with E-state index in [2.05, 4.69) is 22.6 Å². The Bertz CT molecular complexity index is 437. The Morgan fingerprint density at radius 2 is 2.21 bits per heavy atom. The van der Waals surface area contributed by atoms with Gasteiger partial charge < -0.3 is 5.11 Å². The fourth-order valence-corrected chi connectivity index (χ4v) is 3.51. The number of halogens is 2. The van der Waals surface area contributed by atoms with Crippen LogP contribution >= 0.6 is 56.9 Å². The Balaban J connectivity index is 2.33. The van der Waals surface area contributed by atoms with Crippen molar-refractivity contribution in [3.63, 3.8) is 0 Å². The summed E-state index contributed by atoms with van der Waals surface area (Å²) in [5.41, 5.74) is 1.71. The Morgan fingerprint density at radius 1 is 1.43 bits per heavy atom. The molecule has 2 rings (SSSR count). The van der Waals surface area contributed by atoms with Crippen LogP contribution in [0.5, 0.6) is 0 Å². The lowest BCUT2D eigenvalue weighted by Crippen LogP contribution is -1.96. The maximum absolute atomic E-state index is 10.0. The Morgan fingerprint density at radius 3 is 2.71 bits per heavy atom. The molecule has 0 saturated heterocycles. The topological polar surface area (TPSA) is 20.2 Å². The highest BCUT2D eigenvalue weighted by Crippen LogP contribution is 2.34. The van der Waals surface area contributed by atoms with Gasteiger partial charge in [-0.1, -0.05) is 11.6 Å². The van der Waals surface area contributed by atoms with Gasteiger partial charge in [0.25, 0.3) is 0 Å². The van der Waals surface area contributed by atoms with Crippen molar-refractivity contribution >= 4 is 56.9 Å². The molecule has 74 valence electrons. The average Bonchev–Trinajstić information content (AvgIpc) is 2.73. The first kappa shape index (κ1) is 10.9. The molecule has 2 aromatic heterocycles. The minimum atomic E-state index is -0.589. The minimum Gasteiger partial charge on any atom is -0.384 e. The Kier molecular flexibility index (Phi) is 3.49. The van der Waals surface area contributed by atoms with Crippen molar-refractivity contribution in [3.05, 3.63) is 41.2 Å². The molecule has 2 heterocycles. The second-order valence-electron chi connectivity index (χ2n) is 2.74. The number of hydrogen-bond donors (Lipinski definition) is 1. The summed E-state index contributed by atoms with van der Waals surface area (Å²) in [4.78, 5) is 0. The van der Waals surface area contributed by atoms with Crippen LogP contribution in [0.3, 0.4) is 0 Å². The average molecular weight is 357 g/mol. The van der Waals surface area contributed by atoms with Gasteiger partial charge in [-0.3, -0.25) is 0 Å². The molecule has 0 aliphatic heterocycles. The third-order valence-electron chi connectivity index (χ3n) is 1.84. The summed E-state index contributed by atoms with van der Waals surface area (Å²) in [5, 5.41) is 13.8. The van der Waals surface area contributed by atoms with E-state index < -0.39 is 6.10 Å². The summed E-state index contributed by atoms with van der Waals surface area (Å²) in [6, 6.07) is 3.84. The van der Waals surface area contributed by atoms with Crippen LogP contribution in [0.2, 0.25) is 4.34 Å². The van der Waals surface area contributed by atoms with Crippen LogP contribution in [0, 0.1) is 2.88 Å². The van der Waals surface area contributed by atoms with Crippen LogP contribution in [0.25, 0.3) is 0 Å². The first-order chi connectivity index (χ1) is 6.68. The van der Waals surface area contributed by atoms with E-state index >= 15 is 0 Å². The fourth-order valence-electron chi connectivity index (χ4n) is 1.15. The molecule has 0 aliphatic rings. The first-order valence-electron chi connectivity index (χ1n) is 3.83. The Labute approximate surface area is 108 Å². The summed E-state index contributed by atoms with van der Waals surface area (Å²) in [6.45, 7) is 0. The van der Waals surface area contributed by atoms with E-state index in [0.717, 1.165) is 11.1 Å². The normalized spacial score (nSPS) is 13.1. The summed E-state index contributed by atoms with van der Waals surface area (Å²) < 4.78 is 1.83. The molecule has 5 heteroatoms.